The van der Waals surface area contributed by atoms with Gasteiger partial charge in [0.15, 0.2) is 0 Å². The molecular formula is C12H22N2O3. The summed E-state index contributed by atoms with van der Waals surface area (Å²) in [4.78, 5) is 22.2. The van der Waals surface area contributed by atoms with Gasteiger partial charge in [0.05, 0.1) is 5.54 Å². The molecule has 0 atom stereocenters. The Morgan fingerprint density at radius 3 is 2.41 bits per heavy atom. The lowest BCUT2D eigenvalue weighted by Crippen LogP contribution is -2.55. The highest BCUT2D eigenvalue weighted by Gasteiger charge is 2.34. The van der Waals surface area contributed by atoms with Crippen LogP contribution in [0.25, 0.3) is 0 Å². The van der Waals surface area contributed by atoms with E-state index in [9.17, 15) is 9.59 Å². The number of hydrogen-bond donors (Lipinski definition) is 3. The number of carbonyl (C=O) groups is 2. The number of carboxylic acids is 1. The van der Waals surface area contributed by atoms with Crippen LogP contribution < -0.4 is 11.1 Å². The van der Waals surface area contributed by atoms with Crippen LogP contribution in [0.15, 0.2) is 0 Å². The van der Waals surface area contributed by atoms with Gasteiger partial charge in [0.1, 0.15) is 0 Å². The summed E-state index contributed by atoms with van der Waals surface area (Å²) in [5, 5.41) is 11.3. The van der Waals surface area contributed by atoms with Gasteiger partial charge in [-0.05, 0) is 25.7 Å². The molecule has 17 heavy (non-hydrogen) atoms. The van der Waals surface area contributed by atoms with Crippen LogP contribution >= 0.6 is 0 Å². The molecule has 1 saturated carbocycles. The molecule has 0 unspecified atom stereocenters. The van der Waals surface area contributed by atoms with E-state index in [0.29, 0.717) is 19.4 Å². The van der Waals surface area contributed by atoms with Crippen LogP contribution in [-0.4, -0.2) is 29.1 Å². The molecule has 1 aliphatic carbocycles. The number of carbonyl (C=O) groups excluding carboxylic acids is 1. The second kappa shape index (κ2) is 6.59. The van der Waals surface area contributed by atoms with Crippen molar-refractivity contribution in [1.29, 1.82) is 0 Å². The summed E-state index contributed by atoms with van der Waals surface area (Å²) in [6.45, 7) is 0.519. The Bertz CT molecular complexity index is 273. The van der Waals surface area contributed by atoms with Gasteiger partial charge in [-0.25, -0.2) is 0 Å². The summed E-state index contributed by atoms with van der Waals surface area (Å²) in [5.41, 5.74) is 5.37. The first-order valence-corrected chi connectivity index (χ1v) is 6.33. The number of nitrogens with two attached hydrogens (primary N) is 1. The van der Waals surface area contributed by atoms with Crippen molar-refractivity contribution in [1.82, 2.24) is 5.32 Å². The lowest BCUT2D eigenvalue weighted by Gasteiger charge is -2.31. The summed E-state index contributed by atoms with van der Waals surface area (Å²) in [6, 6.07) is 0. The molecule has 0 radical (unpaired) electrons. The Hall–Kier alpha value is -1.10. The van der Waals surface area contributed by atoms with Crippen molar-refractivity contribution < 1.29 is 14.7 Å². The maximum absolute atomic E-state index is 11.9. The molecule has 0 aromatic rings. The maximum Gasteiger partial charge on any atom is 0.303 e. The molecule has 98 valence electrons. The molecule has 1 aliphatic rings. The fraction of sp³-hybridized carbons (Fsp3) is 0.833. The van der Waals surface area contributed by atoms with E-state index in [-0.39, 0.29) is 12.3 Å². The van der Waals surface area contributed by atoms with E-state index in [1.807, 2.05) is 0 Å². The summed E-state index contributed by atoms with van der Waals surface area (Å²) >= 11 is 0. The van der Waals surface area contributed by atoms with Crippen molar-refractivity contribution in [2.75, 3.05) is 6.54 Å². The molecule has 0 saturated heterocycles. The average Bonchev–Trinajstić information content (AvgIpc) is 2.29. The average molecular weight is 242 g/mol. The molecule has 1 fully saturated rings. The van der Waals surface area contributed by atoms with Gasteiger partial charge < -0.3 is 16.2 Å². The highest BCUT2D eigenvalue weighted by molar-refractivity contribution is 5.86. The Kier molecular flexibility index (Phi) is 5.41. The third kappa shape index (κ3) is 4.73. The molecule has 1 amide bonds. The Morgan fingerprint density at radius 2 is 1.82 bits per heavy atom. The zero-order valence-electron chi connectivity index (χ0n) is 10.2. The van der Waals surface area contributed by atoms with Gasteiger partial charge in [-0.2, -0.15) is 0 Å². The largest absolute Gasteiger partial charge is 0.481 e. The lowest BCUT2D eigenvalue weighted by molar-refractivity contribution is -0.137. The summed E-state index contributed by atoms with van der Waals surface area (Å²) in [6.07, 6.45) is 6.14. The number of aliphatic carboxylic acids is 1. The van der Waals surface area contributed by atoms with Gasteiger partial charge in [-0.15, -0.1) is 0 Å². The van der Waals surface area contributed by atoms with Gasteiger partial charge in [-0.1, -0.05) is 19.3 Å². The van der Waals surface area contributed by atoms with Crippen LogP contribution in [0.5, 0.6) is 0 Å². The van der Waals surface area contributed by atoms with Gasteiger partial charge in [0.25, 0.3) is 0 Å². The molecule has 0 heterocycles. The Morgan fingerprint density at radius 1 is 1.18 bits per heavy atom. The fourth-order valence-electron chi connectivity index (χ4n) is 2.19. The summed E-state index contributed by atoms with van der Waals surface area (Å²) in [5.74, 6) is -0.869. The first-order valence-electron chi connectivity index (χ1n) is 6.33. The second-order valence-corrected chi connectivity index (χ2v) is 4.82. The quantitative estimate of drug-likeness (QED) is 0.606. The summed E-state index contributed by atoms with van der Waals surface area (Å²) < 4.78 is 0. The smallest absolute Gasteiger partial charge is 0.303 e. The maximum atomic E-state index is 11.9. The standard InChI is InChI=1S/C12H22N2O3/c13-12(7-3-1-4-8-12)11(17)14-9-5-2-6-10(15)16/h1-9,13H2,(H,14,17)(H,15,16). The van der Waals surface area contributed by atoms with E-state index in [4.69, 9.17) is 10.8 Å². The third-order valence-electron chi connectivity index (χ3n) is 3.30. The number of nitrogens with one attached hydrogen (secondary N) is 1. The molecular weight excluding hydrogens is 220 g/mol. The van der Waals surface area contributed by atoms with Gasteiger partial charge in [0, 0.05) is 13.0 Å². The van der Waals surface area contributed by atoms with E-state index in [1.54, 1.807) is 0 Å². The van der Waals surface area contributed by atoms with E-state index in [0.717, 1.165) is 32.1 Å². The van der Waals surface area contributed by atoms with Gasteiger partial charge in [-0.3, -0.25) is 9.59 Å². The SMILES string of the molecule is NC1(C(=O)NCCCCC(=O)O)CCCCC1. The van der Waals surface area contributed by atoms with Crippen LogP contribution in [0.1, 0.15) is 51.4 Å². The zero-order chi connectivity index (χ0) is 12.7. The number of hydrogen-bond acceptors (Lipinski definition) is 3. The molecule has 5 heteroatoms. The number of carboxylic acid groups (broad SMARTS) is 1. The van der Waals surface area contributed by atoms with Crippen molar-refractivity contribution in [2.45, 2.75) is 56.9 Å². The molecule has 0 aromatic carbocycles. The number of rotatable bonds is 6. The highest BCUT2D eigenvalue weighted by atomic mass is 16.4. The van der Waals surface area contributed by atoms with Crippen molar-refractivity contribution >= 4 is 11.9 Å². The molecule has 0 bridgehead atoms. The molecule has 0 spiro atoms. The van der Waals surface area contributed by atoms with E-state index in [2.05, 4.69) is 5.32 Å². The molecule has 0 aromatic heterocycles. The lowest BCUT2D eigenvalue weighted by atomic mass is 9.82. The zero-order valence-corrected chi connectivity index (χ0v) is 10.2. The number of unbranched alkanes of at least 4 members (excludes halogenated alkanes) is 1. The van der Waals surface area contributed by atoms with Crippen LogP contribution in [0.3, 0.4) is 0 Å². The Balaban J connectivity index is 2.17. The molecule has 1 rings (SSSR count). The van der Waals surface area contributed by atoms with Crippen LogP contribution in [0, 0.1) is 0 Å². The topological polar surface area (TPSA) is 92.4 Å². The van der Waals surface area contributed by atoms with E-state index < -0.39 is 11.5 Å². The summed E-state index contributed by atoms with van der Waals surface area (Å²) in [7, 11) is 0. The molecule has 4 N–H and O–H groups in total. The first kappa shape index (κ1) is 14.0. The minimum absolute atomic E-state index is 0.0764. The number of amides is 1. The fourth-order valence-corrected chi connectivity index (χ4v) is 2.19. The monoisotopic (exact) mass is 242 g/mol. The molecule has 5 nitrogen and oxygen atoms in total. The minimum Gasteiger partial charge on any atom is -0.481 e. The van der Waals surface area contributed by atoms with Crippen molar-refractivity contribution in [3.05, 3.63) is 0 Å². The van der Waals surface area contributed by atoms with Crippen LogP contribution in [0.4, 0.5) is 0 Å². The van der Waals surface area contributed by atoms with Crippen molar-refractivity contribution in [2.24, 2.45) is 5.73 Å². The van der Waals surface area contributed by atoms with Gasteiger partial charge >= 0.3 is 5.97 Å². The molecule has 0 aliphatic heterocycles. The van der Waals surface area contributed by atoms with Crippen molar-refractivity contribution in [3.63, 3.8) is 0 Å². The Labute approximate surface area is 102 Å². The van der Waals surface area contributed by atoms with Crippen LogP contribution in [-0.2, 0) is 9.59 Å². The predicted octanol–water partition coefficient (Wildman–Crippen LogP) is 1.02. The second-order valence-electron chi connectivity index (χ2n) is 4.82. The minimum atomic E-state index is -0.793. The normalized spacial score (nSPS) is 18.6. The predicted molar refractivity (Wildman–Crippen MR) is 64.5 cm³/mol. The van der Waals surface area contributed by atoms with Gasteiger partial charge in [0.2, 0.25) is 5.91 Å². The highest BCUT2D eigenvalue weighted by Crippen LogP contribution is 2.25. The van der Waals surface area contributed by atoms with E-state index >= 15 is 0 Å². The first-order chi connectivity index (χ1) is 8.04. The third-order valence-corrected chi connectivity index (χ3v) is 3.30. The van der Waals surface area contributed by atoms with Crippen LogP contribution in [0.2, 0.25) is 0 Å². The van der Waals surface area contributed by atoms with Crippen molar-refractivity contribution in [3.8, 4) is 0 Å². The van der Waals surface area contributed by atoms with E-state index in [1.165, 1.54) is 0 Å².